The van der Waals surface area contributed by atoms with Gasteiger partial charge in [0.25, 0.3) is 0 Å². The molecule has 0 spiro atoms. The lowest BCUT2D eigenvalue weighted by molar-refractivity contribution is -0.131. The third-order valence-electron chi connectivity index (χ3n) is 4.16. The van der Waals surface area contributed by atoms with Crippen LogP contribution >= 0.6 is 0 Å². The normalized spacial score (nSPS) is 27.2. The van der Waals surface area contributed by atoms with Gasteiger partial charge in [-0.25, -0.2) is 0 Å². The summed E-state index contributed by atoms with van der Waals surface area (Å²) < 4.78 is 17.2. The molecular weight excluding hydrogens is 306 g/mol. The maximum Gasteiger partial charge on any atom is 0.245 e. The van der Waals surface area contributed by atoms with Crippen LogP contribution in [0.1, 0.15) is 39.5 Å². The van der Waals surface area contributed by atoms with E-state index in [-0.39, 0.29) is 30.6 Å². The Morgan fingerprint density at radius 3 is 2.88 bits per heavy atom. The van der Waals surface area contributed by atoms with Gasteiger partial charge in [0.15, 0.2) is 0 Å². The van der Waals surface area contributed by atoms with Crippen molar-refractivity contribution in [3.8, 4) is 0 Å². The predicted molar refractivity (Wildman–Crippen MR) is 96.0 cm³/mol. The molecule has 0 radical (unpaired) electrons. The lowest BCUT2D eigenvalue weighted by atomic mass is 9.96. The highest BCUT2D eigenvalue weighted by molar-refractivity contribution is 5.76. The molecule has 5 nitrogen and oxygen atoms in total. The fourth-order valence-electron chi connectivity index (χ4n) is 2.81. The van der Waals surface area contributed by atoms with E-state index in [4.69, 9.17) is 14.2 Å². The molecule has 1 aliphatic rings. The molecule has 1 N–H and O–H groups in total. The van der Waals surface area contributed by atoms with Gasteiger partial charge in [-0.3, -0.25) is 4.79 Å². The molecular formula is C19H33NO4. The molecule has 5 heteroatoms. The van der Waals surface area contributed by atoms with Crippen LogP contribution in [-0.4, -0.2) is 52.1 Å². The Kier molecular flexibility index (Phi) is 10.6. The zero-order valence-electron chi connectivity index (χ0n) is 15.5. The van der Waals surface area contributed by atoms with E-state index in [1.807, 2.05) is 0 Å². The first-order valence-corrected chi connectivity index (χ1v) is 8.85. The average Bonchev–Trinajstić information content (AvgIpc) is 2.57. The zero-order chi connectivity index (χ0) is 17.8. The number of nitrogens with one attached hydrogen (secondary N) is 1. The molecule has 1 aliphatic heterocycles. The van der Waals surface area contributed by atoms with Crippen LogP contribution in [0, 0.1) is 5.92 Å². The third kappa shape index (κ3) is 8.08. The zero-order valence-corrected chi connectivity index (χ0v) is 15.5. The van der Waals surface area contributed by atoms with Crippen LogP contribution in [0.3, 0.4) is 0 Å². The number of rotatable bonds is 4. The number of hydrogen-bond acceptors (Lipinski definition) is 4. The quantitative estimate of drug-likeness (QED) is 0.800. The summed E-state index contributed by atoms with van der Waals surface area (Å²) in [6, 6.07) is 0. The first-order valence-electron chi connectivity index (χ1n) is 8.85. The van der Waals surface area contributed by atoms with Crippen molar-refractivity contribution < 1.29 is 19.0 Å². The van der Waals surface area contributed by atoms with Crippen molar-refractivity contribution in [2.45, 2.75) is 51.7 Å². The number of likely N-dealkylation sites (N-methyl/N-ethyl adjacent to an activating group) is 1. The summed E-state index contributed by atoms with van der Waals surface area (Å²) in [5.74, 6) is -0.0275. The molecule has 0 unspecified atom stereocenters. The minimum atomic E-state index is -0.221. The van der Waals surface area contributed by atoms with Gasteiger partial charge in [-0.1, -0.05) is 37.1 Å². The molecule has 0 aromatic heterocycles. The Balaban J connectivity index is 2.89. The summed E-state index contributed by atoms with van der Waals surface area (Å²) in [6.45, 7) is 5.63. The minimum absolute atomic E-state index is 0.0304. The van der Waals surface area contributed by atoms with Crippen molar-refractivity contribution >= 4 is 5.91 Å². The molecule has 0 saturated heterocycles. The minimum Gasteiger partial charge on any atom is -0.377 e. The molecule has 0 aromatic carbocycles. The summed E-state index contributed by atoms with van der Waals surface area (Å²) >= 11 is 0. The molecule has 1 amide bonds. The summed E-state index contributed by atoms with van der Waals surface area (Å²) in [4.78, 5) is 11.6. The van der Waals surface area contributed by atoms with Gasteiger partial charge in [-0.05, 0) is 26.2 Å². The summed E-state index contributed by atoms with van der Waals surface area (Å²) in [6.07, 6.45) is 10.4. The summed E-state index contributed by atoms with van der Waals surface area (Å²) in [5, 5.41) is 2.59. The van der Waals surface area contributed by atoms with E-state index in [0.29, 0.717) is 6.61 Å². The molecule has 0 bridgehead atoms. The molecule has 0 aliphatic carbocycles. The Morgan fingerprint density at radius 1 is 1.38 bits per heavy atom. The van der Waals surface area contributed by atoms with E-state index in [1.54, 1.807) is 14.2 Å². The Hall–Kier alpha value is -1.17. The van der Waals surface area contributed by atoms with E-state index < -0.39 is 0 Å². The second kappa shape index (κ2) is 12.2. The van der Waals surface area contributed by atoms with Gasteiger partial charge in [-0.15, -0.1) is 0 Å². The standard InChI is InChI=1S/C19H33NO4/c1-15-12-16(2)19(24-14-18(21)20-3)17(22-4)10-8-6-5-7-9-11-23-13-15/h8,10,12,16-17,19H,5-7,9,11,13-14H2,1-4H3,(H,20,21)/t16-,17+,19+/m1/s1. The second-order valence-corrected chi connectivity index (χ2v) is 6.35. The highest BCUT2D eigenvalue weighted by Gasteiger charge is 2.26. The molecule has 0 saturated carbocycles. The number of methoxy groups -OCH3 is 1. The van der Waals surface area contributed by atoms with Crippen LogP contribution in [0.25, 0.3) is 0 Å². The Bertz CT molecular complexity index is 420. The highest BCUT2D eigenvalue weighted by atomic mass is 16.5. The van der Waals surface area contributed by atoms with Crippen LogP contribution in [0.4, 0.5) is 0 Å². The van der Waals surface area contributed by atoms with Crippen molar-refractivity contribution in [2.24, 2.45) is 5.92 Å². The SMILES string of the molecule is CNC(=O)CO[C@H]1[C@H](C)C=C(C)COCCCCCC=C[C@@H]1OC. The predicted octanol–water partition coefficient (Wildman–Crippen LogP) is 2.86. The molecule has 0 aromatic rings. The maximum atomic E-state index is 11.6. The van der Waals surface area contributed by atoms with Gasteiger partial charge in [-0.2, -0.15) is 0 Å². The average molecular weight is 339 g/mol. The van der Waals surface area contributed by atoms with E-state index in [1.165, 1.54) is 5.57 Å². The largest absolute Gasteiger partial charge is 0.377 e. The molecule has 3 atom stereocenters. The molecule has 0 fully saturated rings. The second-order valence-electron chi connectivity index (χ2n) is 6.35. The number of amides is 1. The van der Waals surface area contributed by atoms with Crippen molar-refractivity contribution in [2.75, 3.05) is 34.0 Å². The first kappa shape index (κ1) is 20.9. The number of hydrogen-bond donors (Lipinski definition) is 1. The van der Waals surface area contributed by atoms with Gasteiger partial charge in [0.2, 0.25) is 5.91 Å². The van der Waals surface area contributed by atoms with Gasteiger partial charge >= 0.3 is 0 Å². The van der Waals surface area contributed by atoms with E-state index in [2.05, 4.69) is 37.4 Å². The van der Waals surface area contributed by atoms with Crippen molar-refractivity contribution in [1.29, 1.82) is 0 Å². The van der Waals surface area contributed by atoms with E-state index >= 15 is 0 Å². The van der Waals surface area contributed by atoms with Gasteiger partial charge in [0.05, 0.1) is 12.7 Å². The monoisotopic (exact) mass is 339 g/mol. The van der Waals surface area contributed by atoms with Crippen molar-refractivity contribution in [3.63, 3.8) is 0 Å². The smallest absolute Gasteiger partial charge is 0.245 e. The van der Waals surface area contributed by atoms with Crippen LogP contribution in [-0.2, 0) is 19.0 Å². The summed E-state index contributed by atoms with van der Waals surface area (Å²) in [5.41, 5.74) is 1.17. The van der Waals surface area contributed by atoms with Crippen LogP contribution in [0.5, 0.6) is 0 Å². The Morgan fingerprint density at radius 2 is 2.17 bits per heavy atom. The fourth-order valence-corrected chi connectivity index (χ4v) is 2.81. The molecule has 1 heterocycles. The van der Waals surface area contributed by atoms with Gasteiger partial charge < -0.3 is 19.5 Å². The summed E-state index contributed by atoms with van der Waals surface area (Å²) in [7, 11) is 3.29. The maximum absolute atomic E-state index is 11.6. The number of carbonyl (C=O) groups excluding carboxylic acids is 1. The van der Waals surface area contributed by atoms with Crippen molar-refractivity contribution in [1.82, 2.24) is 5.32 Å². The molecule has 138 valence electrons. The Labute approximate surface area is 146 Å². The fraction of sp³-hybridized carbons (Fsp3) is 0.737. The van der Waals surface area contributed by atoms with Crippen molar-refractivity contribution in [3.05, 3.63) is 23.8 Å². The lowest BCUT2D eigenvalue weighted by Gasteiger charge is -2.28. The van der Waals surface area contributed by atoms with E-state index in [0.717, 1.165) is 32.3 Å². The van der Waals surface area contributed by atoms with Crippen LogP contribution < -0.4 is 5.32 Å². The highest BCUT2D eigenvalue weighted by Crippen LogP contribution is 2.19. The first-order chi connectivity index (χ1) is 11.6. The number of allylic oxidation sites excluding steroid dienone is 1. The molecule has 1 rings (SSSR count). The van der Waals surface area contributed by atoms with Crippen LogP contribution in [0.2, 0.25) is 0 Å². The van der Waals surface area contributed by atoms with Gasteiger partial charge in [0.1, 0.15) is 12.7 Å². The number of ether oxygens (including phenoxy) is 3. The topological polar surface area (TPSA) is 56.8 Å². The lowest BCUT2D eigenvalue weighted by Crippen LogP contribution is -2.37. The molecule has 24 heavy (non-hydrogen) atoms. The van der Waals surface area contributed by atoms with Gasteiger partial charge in [0, 0.05) is 26.7 Å². The number of carbonyl (C=O) groups is 1. The van der Waals surface area contributed by atoms with E-state index in [9.17, 15) is 4.79 Å². The van der Waals surface area contributed by atoms with Crippen LogP contribution in [0.15, 0.2) is 23.8 Å². The third-order valence-corrected chi connectivity index (χ3v) is 4.16.